The van der Waals surface area contributed by atoms with Gasteiger partial charge in [-0.1, -0.05) is 11.6 Å². The summed E-state index contributed by atoms with van der Waals surface area (Å²) in [5, 5.41) is 0.650. The number of H-pyrrole nitrogens is 1. The van der Waals surface area contributed by atoms with Gasteiger partial charge in [-0.2, -0.15) is 0 Å². The fourth-order valence-corrected chi connectivity index (χ4v) is 2.57. The van der Waals surface area contributed by atoms with Gasteiger partial charge in [-0.05, 0) is 31.0 Å². The quantitative estimate of drug-likeness (QED) is 0.847. The van der Waals surface area contributed by atoms with Gasteiger partial charge >= 0.3 is 5.69 Å². The Morgan fingerprint density at radius 1 is 1.35 bits per heavy atom. The van der Waals surface area contributed by atoms with Gasteiger partial charge < -0.3 is 9.72 Å². The molecule has 0 amide bonds. The molecule has 4 nitrogen and oxygen atoms in total. The molecule has 90 valence electrons. The fraction of sp³-hybridized carbons (Fsp3) is 0.417. The average molecular weight is 253 g/mol. The minimum Gasteiger partial charge on any atom is -0.381 e. The third kappa shape index (κ3) is 1.87. The second kappa shape index (κ2) is 4.20. The van der Waals surface area contributed by atoms with Crippen molar-refractivity contribution in [1.29, 1.82) is 0 Å². The molecule has 17 heavy (non-hydrogen) atoms. The van der Waals surface area contributed by atoms with E-state index in [1.165, 1.54) is 0 Å². The topological polar surface area (TPSA) is 47.0 Å². The second-order valence-corrected chi connectivity index (χ2v) is 4.74. The number of hydrogen-bond donors (Lipinski definition) is 1. The molecule has 0 spiro atoms. The molecule has 1 aromatic heterocycles. The van der Waals surface area contributed by atoms with Crippen molar-refractivity contribution in [3.8, 4) is 0 Å². The first-order valence-electron chi connectivity index (χ1n) is 5.73. The molecule has 0 atom stereocenters. The molecule has 1 N–H and O–H groups in total. The number of imidazole rings is 1. The van der Waals surface area contributed by atoms with E-state index in [-0.39, 0.29) is 11.7 Å². The zero-order valence-electron chi connectivity index (χ0n) is 9.28. The van der Waals surface area contributed by atoms with Gasteiger partial charge in [-0.15, -0.1) is 0 Å². The van der Waals surface area contributed by atoms with Crippen LogP contribution in [0.15, 0.2) is 23.0 Å². The number of aromatic amines is 1. The van der Waals surface area contributed by atoms with Crippen molar-refractivity contribution >= 4 is 22.6 Å². The Bertz CT molecular complexity index is 596. The van der Waals surface area contributed by atoms with Crippen molar-refractivity contribution in [3.05, 3.63) is 33.7 Å². The highest BCUT2D eigenvalue weighted by Crippen LogP contribution is 2.25. The molecule has 1 aliphatic rings. The van der Waals surface area contributed by atoms with E-state index >= 15 is 0 Å². The van der Waals surface area contributed by atoms with E-state index in [4.69, 9.17) is 16.3 Å². The summed E-state index contributed by atoms with van der Waals surface area (Å²) in [6, 6.07) is 5.68. The number of rotatable bonds is 1. The van der Waals surface area contributed by atoms with E-state index in [9.17, 15) is 4.79 Å². The van der Waals surface area contributed by atoms with E-state index < -0.39 is 0 Å². The van der Waals surface area contributed by atoms with Crippen molar-refractivity contribution in [2.75, 3.05) is 13.2 Å². The van der Waals surface area contributed by atoms with Crippen LogP contribution in [0.25, 0.3) is 11.0 Å². The number of aromatic nitrogens is 2. The lowest BCUT2D eigenvalue weighted by molar-refractivity contribution is 0.0698. The van der Waals surface area contributed by atoms with E-state index in [0.29, 0.717) is 18.2 Å². The standard InChI is InChI=1S/C12H13ClN2O2/c13-8-1-2-10-11(7-8)15(12(16)14-10)9-3-5-17-6-4-9/h1-2,7,9H,3-6H2,(H,14,16). The number of benzene rings is 1. The molecular weight excluding hydrogens is 240 g/mol. The summed E-state index contributed by atoms with van der Waals surface area (Å²) in [4.78, 5) is 14.8. The number of hydrogen-bond acceptors (Lipinski definition) is 2. The highest BCUT2D eigenvalue weighted by molar-refractivity contribution is 6.31. The molecular formula is C12H13ClN2O2. The van der Waals surface area contributed by atoms with Crippen LogP contribution in [0.5, 0.6) is 0 Å². The third-order valence-electron chi connectivity index (χ3n) is 3.24. The number of ether oxygens (including phenoxy) is 1. The molecule has 3 rings (SSSR count). The highest BCUT2D eigenvalue weighted by Gasteiger charge is 2.20. The van der Waals surface area contributed by atoms with Gasteiger partial charge in [0.2, 0.25) is 0 Å². The molecule has 1 fully saturated rings. The number of fused-ring (bicyclic) bond motifs is 1. The lowest BCUT2D eigenvalue weighted by Crippen LogP contribution is -2.27. The first-order valence-corrected chi connectivity index (χ1v) is 6.11. The maximum atomic E-state index is 12.0. The minimum absolute atomic E-state index is 0.0610. The van der Waals surface area contributed by atoms with Crippen molar-refractivity contribution in [2.45, 2.75) is 18.9 Å². The Morgan fingerprint density at radius 3 is 2.88 bits per heavy atom. The van der Waals surface area contributed by atoms with Crippen molar-refractivity contribution in [2.24, 2.45) is 0 Å². The number of nitrogens with zero attached hydrogens (tertiary/aromatic N) is 1. The van der Waals surface area contributed by atoms with Gasteiger partial charge in [-0.25, -0.2) is 4.79 Å². The van der Waals surface area contributed by atoms with Crippen LogP contribution >= 0.6 is 11.6 Å². The number of halogens is 1. The lowest BCUT2D eigenvalue weighted by atomic mass is 10.1. The molecule has 5 heteroatoms. The summed E-state index contributed by atoms with van der Waals surface area (Å²) in [5.41, 5.74) is 1.66. The van der Waals surface area contributed by atoms with Gasteiger partial charge in [-0.3, -0.25) is 4.57 Å². The summed E-state index contributed by atoms with van der Waals surface area (Å²) in [6.45, 7) is 1.43. The zero-order valence-corrected chi connectivity index (χ0v) is 10.0. The summed E-state index contributed by atoms with van der Waals surface area (Å²) in [5.74, 6) is 0. The highest BCUT2D eigenvalue weighted by atomic mass is 35.5. The van der Waals surface area contributed by atoms with Crippen LogP contribution in [0.2, 0.25) is 5.02 Å². The number of nitrogens with one attached hydrogen (secondary N) is 1. The maximum absolute atomic E-state index is 12.0. The van der Waals surface area contributed by atoms with Gasteiger partial charge in [0, 0.05) is 24.3 Å². The monoisotopic (exact) mass is 252 g/mol. The van der Waals surface area contributed by atoms with E-state index in [0.717, 1.165) is 23.9 Å². The maximum Gasteiger partial charge on any atom is 0.326 e. The van der Waals surface area contributed by atoms with Gasteiger partial charge in [0.25, 0.3) is 0 Å². The third-order valence-corrected chi connectivity index (χ3v) is 3.47. The molecule has 0 unspecified atom stereocenters. The molecule has 0 radical (unpaired) electrons. The van der Waals surface area contributed by atoms with Crippen molar-refractivity contribution in [3.63, 3.8) is 0 Å². The second-order valence-electron chi connectivity index (χ2n) is 4.31. The molecule has 1 aliphatic heterocycles. The Labute approximate surface area is 103 Å². The van der Waals surface area contributed by atoms with Gasteiger partial charge in [0.05, 0.1) is 11.0 Å². The molecule has 1 saturated heterocycles. The first kappa shape index (κ1) is 10.9. The predicted molar refractivity (Wildman–Crippen MR) is 66.7 cm³/mol. The zero-order chi connectivity index (χ0) is 11.8. The summed E-state index contributed by atoms with van der Waals surface area (Å²) < 4.78 is 7.13. The largest absolute Gasteiger partial charge is 0.381 e. The minimum atomic E-state index is -0.0610. The van der Waals surface area contributed by atoms with Crippen LogP contribution in [0.1, 0.15) is 18.9 Å². The summed E-state index contributed by atoms with van der Waals surface area (Å²) in [6.07, 6.45) is 1.75. The van der Waals surface area contributed by atoms with Crippen LogP contribution in [-0.2, 0) is 4.74 Å². The average Bonchev–Trinajstić information content (AvgIpc) is 2.65. The molecule has 0 bridgehead atoms. The normalized spacial score (nSPS) is 17.7. The van der Waals surface area contributed by atoms with Gasteiger partial charge in [0.1, 0.15) is 0 Å². The van der Waals surface area contributed by atoms with E-state index in [2.05, 4.69) is 4.98 Å². The smallest absolute Gasteiger partial charge is 0.326 e. The van der Waals surface area contributed by atoms with Crippen LogP contribution in [0, 0.1) is 0 Å². The lowest BCUT2D eigenvalue weighted by Gasteiger charge is -2.23. The van der Waals surface area contributed by atoms with E-state index in [1.807, 2.05) is 16.7 Å². The van der Waals surface area contributed by atoms with Crippen LogP contribution in [0.3, 0.4) is 0 Å². The van der Waals surface area contributed by atoms with Crippen molar-refractivity contribution < 1.29 is 4.74 Å². The summed E-state index contributed by atoms with van der Waals surface area (Å²) in [7, 11) is 0. The summed E-state index contributed by atoms with van der Waals surface area (Å²) >= 11 is 5.98. The SMILES string of the molecule is O=c1[nH]c2ccc(Cl)cc2n1C1CCOCC1. The van der Waals surface area contributed by atoms with Crippen LogP contribution in [0.4, 0.5) is 0 Å². The van der Waals surface area contributed by atoms with Gasteiger partial charge in [0.15, 0.2) is 0 Å². The molecule has 0 saturated carbocycles. The molecule has 2 heterocycles. The van der Waals surface area contributed by atoms with Crippen LogP contribution < -0.4 is 5.69 Å². The molecule has 0 aliphatic carbocycles. The Hall–Kier alpha value is -1.26. The van der Waals surface area contributed by atoms with E-state index in [1.54, 1.807) is 6.07 Å². The van der Waals surface area contributed by atoms with Crippen molar-refractivity contribution in [1.82, 2.24) is 9.55 Å². The first-order chi connectivity index (χ1) is 8.25. The Morgan fingerprint density at radius 2 is 2.12 bits per heavy atom. The molecule has 2 aromatic rings. The fourth-order valence-electron chi connectivity index (χ4n) is 2.40. The predicted octanol–water partition coefficient (Wildman–Crippen LogP) is 2.33. The Balaban J connectivity index is 2.16. The van der Waals surface area contributed by atoms with Crippen LogP contribution in [-0.4, -0.2) is 22.8 Å². The molecule has 1 aromatic carbocycles. The Kier molecular flexibility index (Phi) is 2.68.